The van der Waals surface area contributed by atoms with Gasteiger partial charge in [-0.25, -0.2) is 8.42 Å². The first-order valence-corrected chi connectivity index (χ1v) is 13.1. The van der Waals surface area contributed by atoms with E-state index in [9.17, 15) is 13.2 Å². The third-order valence-corrected chi connectivity index (χ3v) is 7.79. The van der Waals surface area contributed by atoms with Gasteiger partial charge in [0.2, 0.25) is 0 Å². The van der Waals surface area contributed by atoms with Crippen molar-refractivity contribution >= 4 is 32.4 Å². The van der Waals surface area contributed by atoms with Crippen LogP contribution in [0, 0.1) is 6.92 Å². The van der Waals surface area contributed by atoms with Gasteiger partial charge in [-0.05, 0) is 59.7 Å². The first kappa shape index (κ1) is 23.7. The zero-order chi connectivity index (χ0) is 25.1. The summed E-state index contributed by atoms with van der Waals surface area (Å²) in [6, 6.07) is 27.3. The third-order valence-electron chi connectivity index (χ3n) is 6.00. The highest BCUT2D eigenvalue weighted by atomic mass is 32.2. The Hall–Kier alpha value is -4.04. The third kappa shape index (κ3) is 4.85. The Bertz CT molecular complexity index is 1510. The number of nitrogens with zero attached hydrogens (tertiary/aromatic N) is 1. The molecule has 5 rings (SSSR count). The standard InChI is InChI=1S/C28H26N2O5S/c1-20-11-14-26-25(17-20)30(36(32,33)24-9-3-2-4-10-24)19-27(35-26)28(31)29-15-16-34-23-13-12-21-7-5-6-8-22(21)18-23/h2-14,17-18,27H,15-16,19H2,1H3,(H,29,31)/t27-/m0/s1. The fraction of sp³-hybridized carbons (Fsp3) is 0.179. The molecule has 0 fully saturated rings. The first-order chi connectivity index (χ1) is 17.4. The summed E-state index contributed by atoms with van der Waals surface area (Å²) in [7, 11) is -3.89. The molecule has 0 saturated heterocycles. The first-order valence-electron chi connectivity index (χ1n) is 11.7. The second-order valence-electron chi connectivity index (χ2n) is 8.58. The maximum absolute atomic E-state index is 13.5. The van der Waals surface area contributed by atoms with Crippen molar-refractivity contribution in [3.05, 3.63) is 96.6 Å². The average molecular weight is 503 g/mol. The van der Waals surface area contributed by atoms with Crippen LogP contribution in [0.15, 0.2) is 95.9 Å². The van der Waals surface area contributed by atoms with E-state index in [1.165, 1.54) is 4.31 Å². The summed E-state index contributed by atoms with van der Waals surface area (Å²) in [5.41, 5.74) is 1.31. The van der Waals surface area contributed by atoms with Crippen molar-refractivity contribution in [1.29, 1.82) is 0 Å². The van der Waals surface area contributed by atoms with Gasteiger partial charge in [0.15, 0.2) is 6.10 Å². The van der Waals surface area contributed by atoms with Crippen molar-refractivity contribution in [1.82, 2.24) is 5.32 Å². The molecular formula is C28H26N2O5S. The monoisotopic (exact) mass is 502 g/mol. The highest BCUT2D eigenvalue weighted by Crippen LogP contribution is 2.37. The molecule has 36 heavy (non-hydrogen) atoms. The molecule has 0 bridgehead atoms. The van der Waals surface area contributed by atoms with E-state index < -0.39 is 22.0 Å². The van der Waals surface area contributed by atoms with Crippen LogP contribution in [0.25, 0.3) is 10.8 Å². The maximum Gasteiger partial charge on any atom is 0.264 e. The lowest BCUT2D eigenvalue weighted by molar-refractivity contribution is -0.127. The number of amides is 1. The summed E-state index contributed by atoms with van der Waals surface area (Å²) in [6.45, 7) is 2.25. The Labute approximate surface area is 210 Å². The highest BCUT2D eigenvalue weighted by molar-refractivity contribution is 7.92. The molecule has 8 heteroatoms. The Morgan fingerprint density at radius 1 is 0.972 bits per heavy atom. The Kier molecular flexibility index (Phi) is 6.52. The van der Waals surface area contributed by atoms with Gasteiger partial charge in [-0.2, -0.15) is 0 Å². The van der Waals surface area contributed by atoms with Gasteiger partial charge in [0.05, 0.1) is 23.7 Å². The molecule has 184 valence electrons. The molecular weight excluding hydrogens is 476 g/mol. The van der Waals surface area contributed by atoms with Crippen LogP contribution in [-0.2, 0) is 14.8 Å². The number of rotatable bonds is 7. The number of nitrogens with one attached hydrogen (secondary N) is 1. The van der Waals surface area contributed by atoms with E-state index in [2.05, 4.69) is 5.32 Å². The average Bonchev–Trinajstić information content (AvgIpc) is 2.90. The predicted octanol–water partition coefficient (Wildman–Crippen LogP) is 4.30. The van der Waals surface area contributed by atoms with Gasteiger partial charge < -0.3 is 14.8 Å². The normalized spacial score (nSPS) is 15.1. The largest absolute Gasteiger partial charge is 0.492 e. The lowest BCUT2D eigenvalue weighted by atomic mass is 10.1. The number of fused-ring (bicyclic) bond motifs is 2. The Balaban J connectivity index is 1.27. The number of benzene rings is 4. The molecule has 1 heterocycles. The lowest BCUT2D eigenvalue weighted by Gasteiger charge is -2.35. The van der Waals surface area contributed by atoms with E-state index in [0.29, 0.717) is 17.2 Å². The van der Waals surface area contributed by atoms with E-state index in [1.807, 2.05) is 55.5 Å². The summed E-state index contributed by atoms with van der Waals surface area (Å²) < 4.78 is 39.9. The summed E-state index contributed by atoms with van der Waals surface area (Å²) in [5, 5.41) is 5.00. The molecule has 4 aromatic rings. The van der Waals surface area contributed by atoms with Crippen molar-refractivity contribution in [3.63, 3.8) is 0 Å². The van der Waals surface area contributed by atoms with E-state index >= 15 is 0 Å². The number of aryl methyl sites for hydroxylation is 1. The second kappa shape index (κ2) is 9.91. The molecule has 4 aromatic carbocycles. The Morgan fingerprint density at radius 2 is 1.72 bits per heavy atom. The van der Waals surface area contributed by atoms with Gasteiger partial charge in [0, 0.05) is 0 Å². The van der Waals surface area contributed by atoms with Crippen LogP contribution in [-0.4, -0.2) is 40.1 Å². The van der Waals surface area contributed by atoms with Crippen molar-refractivity contribution in [2.45, 2.75) is 17.9 Å². The Morgan fingerprint density at radius 3 is 2.53 bits per heavy atom. The van der Waals surface area contributed by atoms with Gasteiger partial charge in [-0.3, -0.25) is 9.10 Å². The molecule has 1 aliphatic heterocycles. The summed E-state index contributed by atoms with van der Waals surface area (Å²) >= 11 is 0. The van der Waals surface area contributed by atoms with E-state index in [1.54, 1.807) is 42.5 Å². The molecule has 1 atom stereocenters. The maximum atomic E-state index is 13.5. The molecule has 0 aliphatic carbocycles. The minimum atomic E-state index is -3.89. The van der Waals surface area contributed by atoms with Crippen LogP contribution < -0.4 is 19.1 Å². The van der Waals surface area contributed by atoms with Crippen molar-refractivity contribution in [2.75, 3.05) is 24.0 Å². The van der Waals surface area contributed by atoms with Crippen LogP contribution in [0.1, 0.15) is 5.56 Å². The molecule has 0 unspecified atom stereocenters. The smallest absolute Gasteiger partial charge is 0.264 e. The number of hydrogen-bond acceptors (Lipinski definition) is 5. The molecule has 1 aliphatic rings. The number of hydrogen-bond donors (Lipinski definition) is 1. The van der Waals surface area contributed by atoms with Gasteiger partial charge in [0.1, 0.15) is 18.1 Å². The SMILES string of the molecule is Cc1ccc2c(c1)N(S(=O)(=O)c1ccccc1)C[C@@H](C(=O)NCCOc1ccc3ccccc3c1)O2. The summed E-state index contributed by atoms with van der Waals surface area (Å²) in [4.78, 5) is 13.1. The molecule has 7 nitrogen and oxygen atoms in total. The molecule has 1 N–H and O–H groups in total. The van der Waals surface area contributed by atoms with Crippen molar-refractivity contribution < 1.29 is 22.7 Å². The van der Waals surface area contributed by atoms with Gasteiger partial charge in [0.25, 0.3) is 15.9 Å². The molecule has 0 saturated carbocycles. The summed E-state index contributed by atoms with van der Waals surface area (Å²) in [5.74, 6) is 0.650. The van der Waals surface area contributed by atoms with Crippen LogP contribution in [0.3, 0.4) is 0 Å². The summed E-state index contributed by atoms with van der Waals surface area (Å²) in [6.07, 6.45) is -1.00. The van der Waals surface area contributed by atoms with Crippen LogP contribution in [0.4, 0.5) is 5.69 Å². The zero-order valence-electron chi connectivity index (χ0n) is 19.8. The fourth-order valence-corrected chi connectivity index (χ4v) is 5.65. The highest BCUT2D eigenvalue weighted by Gasteiger charge is 2.37. The minimum Gasteiger partial charge on any atom is -0.492 e. The van der Waals surface area contributed by atoms with Gasteiger partial charge in [-0.15, -0.1) is 0 Å². The van der Waals surface area contributed by atoms with E-state index in [-0.39, 0.29) is 24.6 Å². The number of carbonyl (C=O) groups is 1. The molecule has 0 aromatic heterocycles. The fourth-order valence-electron chi connectivity index (χ4n) is 4.16. The van der Waals surface area contributed by atoms with Crippen LogP contribution in [0.2, 0.25) is 0 Å². The number of carbonyl (C=O) groups excluding carboxylic acids is 1. The van der Waals surface area contributed by atoms with E-state index in [4.69, 9.17) is 9.47 Å². The van der Waals surface area contributed by atoms with Crippen molar-refractivity contribution in [2.24, 2.45) is 0 Å². The molecule has 1 amide bonds. The molecule has 0 spiro atoms. The van der Waals surface area contributed by atoms with E-state index in [0.717, 1.165) is 16.3 Å². The van der Waals surface area contributed by atoms with Crippen LogP contribution in [0.5, 0.6) is 11.5 Å². The predicted molar refractivity (Wildman–Crippen MR) is 139 cm³/mol. The lowest BCUT2D eigenvalue weighted by Crippen LogP contribution is -2.51. The number of ether oxygens (including phenoxy) is 2. The number of sulfonamides is 1. The van der Waals surface area contributed by atoms with Gasteiger partial charge in [-0.1, -0.05) is 54.6 Å². The number of anilines is 1. The van der Waals surface area contributed by atoms with Gasteiger partial charge >= 0.3 is 0 Å². The topological polar surface area (TPSA) is 84.9 Å². The van der Waals surface area contributed by atoms with Crippen molar-refractivity contribution in [3.8, 4) is 11.5 Å². The second-order valence-corrected chi connectivity index (χ2v) is 10.4. The molecule has 0 radical (unpaired) electrons. The minimum absolute atomic E-state index is 0.134. The van der Waals surface area contributed by atoms with Crippen LogP contribution >= 0.6 is 0 Å². The zero-order valence-corrected chi connectivity index (χ0v) is 20.6. The quantitative estimate of drug-likeness (QED) is 0.381.